The Bertz CT molecular complexity index is 1520. The van der Waals surface area contributed by atoms with Gasteiger partial charge in [0.2, 0.25) is 27.1 Å². The van der Waals surface area contributed by atoms with Gasteiger partial charge in [-0.1, -0.05) is 208 Å². The molecule has 0 aliphatic heterocycles. The summed E-state index contributed by atoms with van der Waals surface area (Å²) in [5.74, 6) is 0. The van der Waals surface area contributed by atoms with E-state index >= 15 is 0 Å². The van der Waals surface area contributed by atoms with E-state index in [1.165, 1.54) is 56.8 Å². The largest absolute Gasteiger partial charge is 0.473 e. The molecule has 0 heterocycles. The summed E-state index contributed by atoms with van der Waals surface area (Å²) in [6, 6.07) is 65.4. The van der Waals surface area contributed by atoms with E-state index in [-0.39, 0.29) is 5.54 Å². The van der Waals surface area contributed by atoms with E-state index in [4.69, 9.17) is 12.3 Å². The molecule has 1 saturated carbocycles. The maximum atomic E-state index is 8.06. The molecule has 1 fully saturated rings. The van der Waals surface area contributed by atoms with Crippen molar-refractivity contribution in [3.8, 4) is 0 Å². The lowest BCUT2D eigenvalue weighted by atomic mass is 10.2. The fourth-order valence-electron chi connectivity index (χ4n) is 7.25. The fourth-order valence-corrected chi connectivity index (χ4v) is 24.6. The van der Waals surface area contributed by atoms with Crippen LogP contribution in [0.3, 0.4) is 0 Å². The average molecular weight is 723 g/mol. The van der Waals surface area contributed by atoms with Crippen LogP contribution in [0.5, 0.6) is 0 Å². The molecule has 1 aliphatic carbocycles. The van der Waals surface area contributed by atoms with Gasteiger partial charge in [-0.05, 0) is 44.0 Å². The summed E-state index contributed by atoms with van der Waals surface area (Å²) in [5.41, 5.74) is 0.206. The molecule has 7 rings (SSSR count). The molecule has 50 heavy (non-hydrogen) atoms. The SMILES string of the molecule is c1ccc([SiH](O[Si](O[SiH](c2ccccc2)c2ccccc2)(O[SiH](c2ccccc2)c2ccccc2)C2CCCCCC2)c2ccccc2)cc1. The third kappa shape index (κ3) is 8.50. The molecule has 0 N–H and O–H groups in total. The lowest BCUT2D eigenvalue weighted by Gasteiger charge is -2.43. The highest BCUT2D eigenvalue weighted by Crippen LogP contribution is 2.39. The van der Waals surface area contributed by atoms with Gasteiger partial charge in [0.25, 0.3) is 0 Å². The van der Waals surface area contributed by atoms with Crippen molar-refractivity contribution in [3.05, 3.63) is 182 Å². The zero-order chi connectivity index (χ0) is 33.9. The fraction of sp³-hybridized carbons (Fsp3) is 0.163. The van der Waals surface area contributed by atoms with Gasteiger partial charge in [0.05, 0.1) is 0 Å². The summed E-state index contributed by atoms with van der Waals surface area (Å²) in [7, 11) is -10.4. The van der Waals surface area contributed by atoms with E-state index < -0.39 is 35.9 Å². The molecule has 7 heteroatoms. The van der Waals surface area contributed by atoms with E-state index in [2.05, 4.69) is 182 Å². The maximum Gasteiger partial charge on any atom is 0.473 e. The van der Waals surface area contributed by atoms with E-state index in [1.807, 2.05) is 0 Å². The molecule has 1 aliphatic rings. The lowest BCUT2D eigenvalue weighted by Crippen LogP contribution is -2.67. The minimum atomic E-state index is -3.53. The molecular weight excluding hydrogens is 677 g/mol. The minimum absolute atomic E-state index is 0.206. The highest BCUT2D eigenvalue weighted by atomic mass is 28.5. The molecule has 0 spiro atoms. The van der Waals surface area contributed by atoms with Crippen molar-refractivity contribution in [2.24, 2.45) is 0 Å². The Labute approximate surface area is 304 Å². The second kappa shape index (κ2) is 17.3. The van der Waals surface area contributed by atoms with Crippen molar-refractivity contribution in [1.82, 2.24) is 0 Å². The number of rotatable bonds is 13. The highest BCUT2D eigenvalue weighted by molar-refractivity contribution is 6.95. The first-order valence-electron chi connectivity index (χ1n) is 18.1. The number of hydrogen-bond acceptors (Lipinski definition) is 3. The van der Waals surface area contributed by atoms with Crippen LogP contribution in [-0.4, -0.2) is 35.9 Å². The Kier molecular flexibility index (Phi) is 12.0. The van der Waals surface area contributed by atoms with Gasteiger partial charge in [0.15, 0.2) is 0 Å². The van der Waals surface area contributed by atoms with Gasteiger partial charge >= 0.3 is 8.80 Å². The first kappa shape index (κ1) is 34.5. The molecule has 0 bridgehead atoms. The molecule has 0 unspecified atom stereocenters. The summed E-state index contributed by atoms with van der Waals surface area (Å²) >= 11 is 0. The van der Waals surface area contributed by atoms with Crippen LogP contribution in [0, 0.1) is 0 Å². The predicted octanol–water partition coefficient (Wildman–Crippen LogP) is 5.31. The lowest BCUT2D eigenvalue weighted by molar-refractivity contribution is 0.249. The van der Waals surface area contributed by atoms with Crippen molar-refractivity contribution in [2.75, 3.05) is 0 Å². The van der Waals surface area contributed by atoms with Gasteiger partial charge in [0, 0.05) is 5.54 Å². The Morgan fingerprint density at radius 2 is 0.540 bits per heavy atom. The molecule has 0 atom stereocenters. The van der Waals surface area contributed by atoms with E-state index in [0.29, 0.717) is 0 Å². The van der Waals surface area contributed by atoms with Crippen LogP contribution in [0.25, 0.3) is 0 Å². The van der Waals surface area contributed by atoms with Crippen LogP contribution in [0.15, 0.2) is 182 Å². The number of benzene rings is 6. The second-order valence-electron chi connectivity index (χ2n) is 13.2. The molecule has 0 aromatic heterocycles. The van der Waals surface area contributed by atoms with E-state index in [1.54, 1.807) is 0 Å². The summed E-state index contributed by atoms with van der Waals surface area (Å²) < 4.78 is 24.2. The number of hydrogen-bond donors (Lipinski definition) is 0. The smallest absolute Gasteiger partial charge is 0.410 e. The van der Waals surface area contributed by atoms with Gasteiger partial charge in [-0.2, -0.15) is 0 Å². The Balaban J connectivity index is 1.46. The van der Waals surface area contributed by atoms with Gasteiger partial charge < -0.3 is 12.3 Å². The maximum absolute atomic E-state index is 8.06. The van der Waals surface area contributed by atoms with Gasteiger partial charge in [-0.3, -0.25) is 0 Å². The monoisotopic (exact) mass is 722 g/mol. The topological polar surface area (TPSA) is 27.7 Å². The highest BCUT2D eigenvalue weighted by Gasteiger charge is 2.54. The van der Waals surface area contributed by atoms with Crippen LogP contribution in [0.4, 0.5) is 0 Å². The third-order valence-electron chi connectivity index (χ3n) is 9.82. The van der Waals surface area contributed by atoms with Gasteiger partial charge in [0.1, 0.15) is 0 Å². The van der Waals surface area contributed by atoms with Crippen molar-refractivity contribution >= 4 is 67.0 Å². The average Bonchev–Trinajstić information content (AvgIpc) is 3.50. The quantitative estimate of drug-likeness (QED) is 0.120. The van der Waals surface area contributed by atoms with Crippen LogP contribution >= 0.6 is 0 Å². The van der Waals surface area contributed by atoms with Crippen LogP contribution < -0.4 is 31.1 Å². The first-order chi connectivity index (χ1) is 24.8. The Morgan fingerprint density at radius 1 is 0.320 bits per heavy atom. The first-order valence-corrected chi connectivity index (χ1v) is 24.8. The van der Waals surface area contributed by atoms with Crippen LogP contribution in [0.2, 0.25) is 5.54 Å². The van der Waals surface area contributed by atoms with Crippen molar-refractivity contribution in [1.29, 1.82) is 0 Å². The molecule has 0 amide bonds. The zero-order valence-electron chi connectivity index (χ0n) is 28.6. The normalized spacial score (nSPS) is 14.2. The summed E-state index contributed by atoms with van der Waals surface area (Å²) in [6.07, 6.45) is 6.96. The molecular formula is C43H46O3Si4. The summed E-state index contributed by atoms with van der Waals surface area (Å²) in [4.78, 5) is 0. The van der Waals surface area contributed by atoms with Crippen molar-refractivity contribution < 1.29 is 12.3 Å². The van der Waals surface area contributed by atoms with Crippen molar-refractivity contribution in [2.45, 2.75) is 44.1 Å². The summed E-state index contributed by atoms with van der Waals surface area (Å²) in [6.45, 7) is 0. The zero-order valence-corrected chi connectivity index (χ0v) is 33.1. The van der Waals surface area contributed by atoms with E-state index in [9.17, 15) is 0 Å². The Hall–Kier alpha value is -3.93. The van der Waals surface area contributed by atoms with Crippen LogP contribution in [0.1, 0.15) is 38.5 Å². The van der Waals surface area contributed by atoms with Gasteiger partial charge in [-0.15, -0.1) is 0 Å². The molecule has 252 valence electrons. The molecule has 6 aromatic carbocycles. The van der Waals surface area contributed by atoms with E-state index in [0.717, 1.165) is 12.8 Å². The second-order valence-corrected chi connectivity index (χ2v) is 24.4. The Morgan fingerprint density at radius 3 is 0.760 bits per heavy atom. The predicted molar refractivity (Wildman–Crippen MR) is 218 cm³/mol. The standard InChI is InChI=1S/C43H46O3Si4/c1-2-22-36-43(35-21-1)50(44-47(37-23-9-3-10-24-37)38-25-11-4-12-26-38,45-48(39-27-13-5-14-28-39)40-29-15-6-16-30-40)46-49(41-31-17-7-18-32-41)42-33-19-8-20-34-42/h3-20,23-34,43,47-49H,1-2,21-22,35-36H2. The molecule has 0 radical (unpaired) electrons. The van der Waals surface area contributed by atoms with Crippen molar-refractivity contribution in [3.63, 3.8) is 0 Å². The molecule has 3 nitrogen and oxygen atoms in total. The van der Waals surface area contributed by atoms with Gasteiger partial charge in [-0.25, -0.2) is 0 Å². The summed E-state index contributed by atoms with van der Waals surface area (Å²) in [5, 5.41) is 7.54. The minimum Gasteiger partial charge on any atom is -0.410 e. The molecule has 0 saturated heterocycles. The van der Waals surface area contributed by atoms with Crippen LogP contribution in [-0.2, 0) is 12.3 Å². The third-order valence-corrected chi connectivity index (χ3v) is 24.1. The molecule has 6 aromatic rings.